The molecule has 0 fully saturated rings. The Morgan fingerprint density at radius 2 is 1.73 bits per heavy atom. The normalized spacial score (nSPS) is 10.8. The molecule has 2 aromatic carbocycles. The van der Waals surface area contributed by atoms with Crippen molar-refractivity contribution in [3.8, 4) is 11.4 Å². The Hall–Kier alpha value is -3.21. The minimum atomic E-state index is -3.59. The number of hydrogen-bond donors (Lipinski definition) is 3. The van der Waals surface area contributed by atoms with Crippen LogP contribution in [0.2, 0.25) is 0 Å². The molecule has 0 unspecified atom stereocenters. The molecule has 10 heteroatoms. The zero-order valence-electron chi connectivity index (χ0n) is 16.1. The van der Waals surface area contributed by atoms with Crippen molar-refractivity contribution in [1.29, 1.82) is 0 Å². The van der Waals surface area contributed by atoms with Gasteiger partial charge in [-0.25, -0.2) is 24.3 Å². The fourth-order valence-electron chi connectivity index (χ4n) is 2.36. The lowest BCUT2D eigenvalue weighted by molar-refractivity contribution is 0.0696. The number of nitrogens with two attached hydrogens (primary N) is 1. The van der Waals surface area contributed by atoms with E-state index in [2.05, 4.69) is 14.7 Å². The van der Waals surface area contributed by atoms with Crippen LogP contribution in [0.5, 0.6) is 0 Å². The highest BCUT2D eigenvalue weighted by atomic mass is 32.2. The lowest BCUT2D eigenvalue weighted by Crippen LogP contribution is -2.30. The monoisotopic (exact) mass is 432 g/mol. The van der Waals surface area contributed by atoms with Gasteiger partial charge in [0.1, 0.15) is 5.82 Å². The van der Waals surface area contributed by atoms with Gasteiger partial charge in [-0.05, 0) is 29.7 Å². The van der Waals surface area contributed by atoms with E-state index < -0.39 is 16.2 Å². The van der Waals surface area contributed by atoms with E-state index in [1.54, 1.807) is 12.1 Å². The summed E-state index contributed by atoms with van der Waals surface area (Å²) in [7, 11) is -3.59. The molecule has 4 N–H and O–H groups in total. The van der Waals surface area contributed by atoms with Crippen molar-refractivity contribution in [2.75, 3.05) is 0 Å². The zero-order valence-corrected chi connectivity index (χ0v) is 16.9. The Morgan fingerprint density at radius 1 is 1.10 bits per heavy atom. The van der Waals surface area contributed by atoms with Crippen LogP contribution < -0.4 is 9.86 Å². The van der Waals surface area contributed by atoms with Gasteiger partial charge in [-0.3, -0.25) is 0 Å². The number of nitrogens with one attached hydrogen (secondary N) is 1. The Labute approximate surface area is 173 Å². The molecule has 3 aromatic rings. The maximum atomic E-state index is 12.9. The molecule has 0 aliphatic heterocycles. The van der Waals surface area contributed by atoms with Crippen molar-refractivity contribution in [3.63, 3.8) is 0 Å². The first-order valence-corrected chi connectivity index (χ1v) is 10.4. The van der Waals surface area contributed by atoms with Gasteiger partial charge in [-0.15, -0.1) is 0 Å². The summed E-state index contributed by atoms with van der Waals surface area (Å²) < 4.78 is 36.4. The molecule has 158 valence electrons. The number of aromatic carboxylic acids is 1. The molecule has 3 rings (SSSR count). The number of carbonyl (C=O) groups is 1. The van der Waals surface area contributed by atoms with E-state index in [0.717, 1.165) is 12.0 Å². The summed E-state index contributed by atoms with van der Waals surface area (Å²) in [5.41, 5.74) is 2.61. The summed E-state index contributed by atoms with van der Waals surface area (Å²) in [6.45, 7) is 2.29. The zero-order chi connectivity index (χ0) is 22.1. The van der Waals surface area contributed by atoms with Gasteiger partial charge in [0.2, 0.25) is 0 Å². The summed E-state index contributed by atoms with van der Waals surface area (Å²) in [6.07, 6.45) is 3.31. The fraction of sp³-hybridized carbons (Fsp3) is 0.150. The van der Waals surface area contributed by atoms with Crippen molar-refractivity contribution >= 4 is 16.2 Å². The first-order chi connectivity index (χ1) is 14.2. The molecule has 30 heavy (non-hydrogen) atoms. The van der Waals surface area contributed by atoms with Gasteiger partial charge in [0, 0.05) is 24.5 Å². The number of hydrogen-bond acceptors (Lipinski definition) is 5. The van der Waals surface area contributed by atoms with Gasteiger partial charge in [-0.2, -0.15) is 13.1 Å². The maximum absolute atomic E-state index is 12.9. The van der Waals surface area contributed by atoms with E-state index in [-0.39, 0.29) is 17.9 Å². The molecule has 0 radical (unpaired) electrons. The number of halogens is 1. The third kappa shape index (κ3) is 7.66. The molecule has 0 aliphatic carbocycles. The lowest BCUT2D eigenvalue weighted by Gasteiger charge is -2.03. The number of aromatic nitrogens is 2. The quantitative estimate of drug-likeness (QED) is 0.548. The van der Waals surface area contributed by atoms with Gasteiger partial charge >= 0.3 is 5.97 Å². The molecule has 8 nitrogen and oxygen atoms in total. The van der Waals surface area contributed by atoms with Crippen LogP contribution in [-0.4, -0.2) is 29.5 Å². The predicted octanol–water partition coefficient (Wildman–Crippen LogP) is 2.52. The van der Waals surface area contributed by atoms with Crippen LogP contribution in [0.4, 0.5) is 4.39 Å². The molecule has 0 bridgehead atoms. The molecule has 0 atom stereocenters. The third-order valence-electron chi connectivity index (χ3n) is 3.86. The molecule has 0 saturated carbocycles. The average molecular weight is 432 g/mol. The van der Waals surface area contributed by atoms with E-state index in [4.69, 9.17) is 10.2 Å². The molecular weight excluding hydrogens is 411 g/mol. The number of benzene rings is 2. The maximum Gasteiger partial charge on any atom is 0.338 e. The van der Waals surface area contributed by atoms with Crippen molar-refractivity contribution in [1.82, 2.24) is 14.7 Å². The molecule has 0 saturated heterocycles. The molecule has 0 amide bonds. The molecule has 1 aromatic heterocycles. The topological polar surface area (TPSA) is 135 Å². The summed E-state index contributed by atoms with van der Waals surface area (Å²) in [5, 5.41) is 13.5. The van der Waals surface area contributed by atoms with Crippen LogP contribution >= 0.6 is 0 Å². The van der Waals surface area contributed by atoms with Gasteiger partial charge in [0.05, 0.1) is 5.56 Å². The van der Waals surface area contributed by atoms with Crippen molar-refractivity contribution < 1.29 is 22.7 Å². The van der Waals surface area contributed by atoms with Gasteiger partial charge in [-0.1, -0.05) is 43.3 Å². The van der Waals surface area contributed by atoms with Crippen LogP contribution in [0.3, 0.4) is 0 Å². The van der Waals surface area contributed by atoms with Crippen LogP contribution in [0.15, 0.2) is 60.9 Å². The average Bonchev–Trinajstić information content (AvgIpc) is 2.72. The van der Waals surface area contributed by atoms with Crippen LogP contribution in [0.25, 0.3) is 11.4 Å². The SMILES string of the molecule is CCc1cccc(CNS(N)(=O)=O)c1.O=C(O)c1cnc(-c2cccc(F)c2)nc1. The summed E-state index contributed by atoms with van der Waals surface area (Å²) in [4.78, 5) is 18.3. The summed E-state index contributed by atoms with van der Waals surface area (Å²) in [6, 6.07) is 13.5. The van der Waals surface area contributed by atoms with Gasteiger partial charge in [0.15, 0.2) is 5.82 Å². The second-order valence-corrected chi connectivity index (χ2v) is 7.53. The van der Waals surface area contributed by atoms with Crippen LogP contribution in [0.1, 0.15) is 28.4 Å². The largest absolute Gasteiger partial charge is 0.478 e. The Kier molecular flexibility index (Phi) is 8.10. The number of nitrogens with zero attached hydrogens (tertiary/aromatic N) is 2. The fourth-order valence-corrected chi connectivity index (χ4v) is 2.73. The first kappa shape index (κ1) is 23.1. The molecule has 1 heterocycles. The number of aryl methyl sites for hydroxylation is 1. The summed E-state index contributed by atoms with van der Waals surface area (Å²) >= 11 is 0. The van der Waals surface area contributed by atoms with Crippen molar-refractivity contribution in [2.45, 2.75) is 19.9 Å². The highest BCUT2D eigenvalue weighted by molar-refractivity contribution is 7.87. The Bertz CT molecular complexity index is 1110. The van der Waals surface area contributed by atoms with E-state index in [0.29, 0.717) is 11.4 Å². The van der Waals surface area contributed by atoms with Crippen molar-refractivity contribution in [2.24, 2.45) is 5.14 Å². The standard InChI is InChI=1S/C11H7FN2O2.C9H14N2O2S/c12-9-3-1-2-7(4-9)10-13-5-8(6-14-10)11(15)16;1-2-8-4-3-5-9(6-8)7-11-14(10,12)13/h1-6H,(H,15,16);3-6,11H,2,7H2,1H3,(H2,10,12,13). The van der Waals surface area contributed by atoms with Crippen molar-refractivity contribution in [3.05, 3.63) is 83.4 Å². The van der Waals surface area contributed by atoms with E-state index in [9.17, 15) is 17.6 Å². The number of carboxylic acid groups (broad SMARTS) is 1. The Balaban J connectivity index is 0.000000216. The molecule has 0 spiro atoms. The highest BCUT2D eigenvalue weighted by Gasteiger charge is 2.06. The predicted molar refractivity (Wildman–Crippen MR) is 110 cm³/mol. The number of rotatable bonds is 6. The Morgan fingerprint density at radius 3 is 2.30 bits per heavy atom. The second-order valence-electron chi connectivity index (χ2n) is 6.15. The minimum absolute atomic E-state index is 0.000142. The first-order valence-electron chi connectivity index (χ1n) is 8.84. The lowest BCUT2D eigenvalue weighted by atomic mass is 10.1. The molecule has 0 aliphatic rings. The highest BCUT2D eigenvalue weighted by Crippen LogP contribution is 2.15. The smallest absolute Gasteiger partial charge is 0.338 e. The summed E-state index contributed by atoms with van der Waals surface area (Å²) in [5.74, 6) is -1.18. The van der Waals surface area contributed by atoms with E-state index in [1.165, 1.54) is 30.1 Å². The molecular formula is C20H21FN4O4S. The van der Waals surface area contributed by atoms with Gasteiger partial charge < -0.3 is 5.11 Å². The van der Waals surface area contributed by atoms with E-state index >= 15 is 0 Å². The second kappa shape index (κ2) is 10.5. The minimum Gasteiger partial charge on any atom is -0.478 e. The van der Waals surface area contributed by atoms with Crippen LogP contribution in [0, 0.1) is 5.82 Å². The third-order valence-corrected chi connectivity index (χ3v) is 4.41. The van der Waals surface area contributed by atoms with Crippen LogP contribution in [-0.2, 0) is 23.2 Å². The van der Waals surface area contributed by atoms with Gasteiger partial charge in [0.25, 0.3) is 10.2 Å². The van der Waals surface area contributed by atoms with E-state index in [1.807, 2.05) is 31.2 Å². The number of carboxylic acids is 1.